The second kappa shape index (κ2) is 5.90. The van der Waals surface area contributed by atoms with Gasteiger partial charge in [0.15, 0.2) is 24.4 Å². The van der Waals surface area contributed by atoms with E-state index >= 15 is 0 Å². The van der Waals surface area contributed by atoms with E-state index in [4.69, 9.17) is 14.2 Å². The quantitative estimate of drug-likeness (QED) is 0.830. The van der Waals surface area contributed by atoms with Gasteiger partial charge in [-0.25, -0.2) is 0 Å². The molecule has 114 valence electrons. The van der Waals surface area contributed by atoms with Crippen LogP contribution in [0.2, 0.25) is 0 Å². The first-order chi connectivity index (χ1) is 9.89. The van der Waals surface area contributed by atoms with E-state index in [2.05, 4.69) is 0 Å². The highest BCUT2D eigenvalue weighted by Gasteiger charge is 2.27. The highest BCUT2D eigenvalue weighted by atomic mass is 19.4. The van der Waals surface area contributed by atoms with E-state index in [1.165, 1.54) is 12.1 Å². The van der Waals surface area contributed by atoms with E-state index in [0.717, 1.165) is 0 Å². The first kappa shape index (κ1) is 14.9. The lowest BCUT2D eigenvalue weighted by Crippen LogP contribution is -2.36. The number of ether oxygens (including phenoxy) is 3. The Bertz CT molecular complexity index is 559. The maximum Gasteiger partial charge on any atom is 0.405 e. The highest BCUT2D eigenvalue weighted by Crippen LogP contribution is 2.37. The van der Waals surface area contributed by atoms with E-state index in [1.807, 2.05) is 0 Å². The molecular formula is C12H10F3NO5. The molecule has 0 aromatic heterocycles. The van der Waals surface area contributed by atoms with Crippen LogP contribution in [0.1, 0.15) is 10.4 Å². The van der Waals surface area contributed by atoms with Crippen molar-refractivity contribution in [2.75, 3.05) is 19.9 Å². The highest BCUT2D eigenvalue weighted by molar-refractivity contribution is 5.82. The molecule has 1 aromatic carbocycles. The molecule has 0 saturated carbocycles. The minimum absolute atomic E-state index is 0.0108. The van der Waals surface area contributed by atoms with Crippen LogP contribution in [0.25, 0.3) is 0 Å². The number of amides is 1. The van der Waals surface area contributed by atoms with Crippen LogP contribution in [0.5, 0.6) is 17.2 Å². The van der Waals surface area contributed by atoms with Crippen LogP contribution in [-0.4, -0.2) is 38.3 Å². The van der Waals surface area contributed by atoms with Crippen LogP contribution in [0.4, 0.5) is 13.2 Å². The summed E-state index contributed by atoms with van der Waals surface area (Å²) in [5.41, 5.74) is 0.0999. The molecule has 2 rings (SSSR count). The maximum atomic E-state index is 11.9. The van der Waals surface area contributed by atoms with E-state index in [1.54, 1.807) is 5.32 Å². The number of rotatable bonds is 5. The van der Waals surface area contributed by atoms with Gasteiger partial charge in [-0.2, -0.15) is 13.2 Å². The van der Waals surface area contributed by atoms with Crippen molar-refractivity contribution in [3.8, 4) is 17.2 Å². The van der Waals surface area contributed by atoms with Gasteiger partial charge in [-0.15, -0.1) is 0 Å². The number of nitrogens with one attached hydrogen (secondary N) is 1. The summed E-state index contributed by atoms with van der Waals surface area (Å²) >= 11 is 0. The molecule has 0 aliphatic carbocycles. The van der Waals surface area contributed by atoms with E-state index < -0.39 is 25.2 Å². The predicted molar refractivity (Wildman–Crippen MR) is 62.5 cm³/mol. The number of carbonyl (C=O) groups excluding carboxylic acids is 2. The van der Waals surface area contributed by atoms with Crippen LogP contribution >= 0.6 is 0 Å². The third-order valence-corrected chi connectivity index (χ3v) is 2.48. The molecule has 0 atom stereocenters. The van der Waals surface area contributed by atoms with Crippen LogP contribution in [0.3, 0.4) is 0 Å². The fraction of sp³-hybridized carbons (Fsp3) is 0.333. The Morgan fingerprint density at radius 1 is 1.33 bits per heavy atom. The summed E-state index contributed by atoms with van der Waals surface area (Å²) in [6.45, 7) is -2.11. The van der Waals surface area contributed by atoms with Crippen molar-refractivity contribution in [3.63, 3.8) is 0 Å². The predicted octanol–water partition coefficient (Wildman–Crippen LogP) is 1.29. The van der Waals surface area contributed by atoms with Crippen LogP contribution in [0.15, 0.2) is 12.1 Å². The molecule has 1 amide bonds. The van der Waals surface area contributed by atoms with Crippen LogP contribution < -0.4 is 19.5 Å². The molecule has 6 nitrogen and oxygen atoms in total. The first-order valence-electron chi connectivity index (χ1n) is 5.74. The summed E-state index contributed by atoms with van der Waals surface area (Å²) in [5.74, 6) is -0.254. The second-order valence-corrected chi connectivity index (χ2v) is 4.04. The summed E-state index contributed by atoms with van der Waals surface area (Å²) in [7, 11) is 0. The molecule has 1 aromatic rings. The molecule has 9 heteroatoms. The van der Waals surface area contributed by atoms with Gasteiger partial charge in [-0.1, -0.05) is 0 Å². The molecule has 0 fully saturated rings. The molecule has 0 radical (unpaired) electrons. The van der Waals surface area contributed by atoms with Crippen LogP contribution in [0, 0.1) is 0 Å². The average molecular weight is 305 g/mol. The average Bonchev–Trinajstić information content (AvgIpc) is 2.87. The van der Waals surface area contributed by atoms with E-state index in [-0.39, 0.29) is 18.1 Å². The number of alkyl halides is 3. The van der Waals surface area contributed by atoms with Gasteiger partial charge in [0.05, 0.1) is 5.56 Å². The molecule has 0 unspecified atom stereocenters. The van der Waals surface area contributed by atoms with E-state index in [9.17, 15) is 22.8 Å². The van der Waals surface area contributed by atoms with Gasteiger partial charge in [0.2, 0.25) is 6.79 Å². The SMILES string of the molecule is O=Cc1cc2c(cc1OCC(=O)NCC(F)(F)F)OCO2. The van der Waals surface area contributed by atoms with Crippen molar-refractivity contribution in [3.05, 3.63) is 17.7 Å². The largest absolute Gasteiger partial charge is 0.483 e. The minimum Gasteiger partial charge on any atom is -0.483 e. The fourth-order valence-corrected chi connectivity index (χ4v) is 1.55. The first-order valence-corrected chi connectivity index (χ1v) is 5.74. The van der Waals surface area contributed by atoms with Gasteiger partial charge in [0.1, 0.15) is 12.3 Å². The van der Waals surface area contributed by atoms with Gasteiger partial charge in [0, 0.05) is 6.07 Å². The molecule has 0 spiro atoms. The lowest BCUT2D eigenvalue weighted by atomic mass is 10.2. The number of hydrogen-bond donors (Lipinski definition) is 1. The fourth-order valence-electron chi connectivity index (χ4n) is 1.55. The third-order valence-electron chi connectivity index (χ3n) is 2.48. The molecule has 0 saturated heterocycles. The van der Waals surface area contributed by atoms with Crippen molar-refractivity contribution in [2.45, 2.75) is 6.18 Å². The number of aldehydes is 1. The van der Waals surface area contributed by atoms with Gasteiger partial charge in [-0.05, 0) is 6.07 Å². The number of fused-ring (bicyclic) bond motifs is 1. The zero-order valence-electron chi connectivity index (χ0n) is 10.5. The standard InChI is InChI=1S/C12H10F3NO5/c13-12(14,15)5-16-11(18)4-19-8-2-10-9(20-6-21-10)1-7(8)3-17/h1-3H,4-6H2,(H,16,18). The molecule has 21 heavy (non-hydrogen) atoms. The lowest BCUT2D eigenvalue weighted by molar-refractivity contribution is -0.139. The number of hydrogen-bond acceptors (Lipinski definition) is 5. The van der Waals surface area contributed by atoms with Crippen molar-refractivity contribution < 1.29 is 37.0 Å². The molecular weight excluding hydrogens is 295 g/mol. The van der Waals surface area contributed by atoms with Gasteiger partial charge >= 0.3 is 6.18 Å². The van der Waals surface area contributed by atoms with Crippen molar-refractivity contribution in [1.82, 2.24) is 5.32 Å². The molecule has 1 aliphatic rings. The summed E-state index contributed by atoms with van der Waals surface area (Å²) in [5, 5.41) is 1.65. The second-order valence-electron chi connectivity index (χ2n) is 4.04. The summed E-state index contributed by atoms with van der Waals surface area (Å²) in [6.07, 6.45) is -4.02. The zero-order chi connectivity index (χ0) is 15.5. The molecule has 1 aliphatic heterocycles. The van der Waals surface area contributed by atoms with E-state index in [0.29, 0.717) is 17.8 Å². The van der Waals surface area contributed by atoms with Gasteiger partial charge in [0.25, 0.3) is 5.91 Å². The Labute approximate surface area is 116 Å². The van der Waals surface area contributed by atoms with Crippen molar-refractivity contribution in [2.24, 2.45) is 0 Å². The minimum atomic E-state index is -4.50. The summed E-state index contributed by atoms with van der Waals surface area (Å²) < 4.78 is 50.9. The Hall–Kier alpha value is -2.45. The Balaban J connectivity index is 1.97. The Kier molecular flexibility index (Phi) is 4.20. The number of benzene rings is 1. The Morgan fingerprint density at radius 2 is 2.00 bits per heavy atom. The summed E-state index contributed by atoms with van der Waals surface area (Å²) in [6, 6.07) is 2.70. The number of carbonyl (C=O) groups is 2. The third kappa shape index (κ3) is 4.01. The smallest absolute Gasteiger partial charge is 0.405 e. The maximum absolute atomic E-state index is 11.9. The van der Waals surface area contributed by atoms with Gasteiger partial charge < -0.3 is 19.5 Å². The molecule has 1 N–H and O–H groups in total. The lowest BCUT2D eigenvalue weighted by Gasteiger charge is -2.11. The van der Waals surface area contributed by atoms with Crippen molar-refractivity contribution in [1.29, 1.82) is 0 Å². The summed E-state index contributed by atoms with van der Waals surface area (Å²) in [4.78, 5) is 22.1. The van der Waals surface area contributed by atoms with Crippen molar-refractivity contribution >= 4 is 12.2 Å². The number of halogens is 3. The van der Waals surface area contributed by atoms with Gasteiger partial charge in [-0.3, -0.25) is 9.59 Å². The monoisotopic (exact) mass is 305 g/mol. The topological polar surface area (TPSA) is 73.9 Å². The Morgan fingerprint density at radius 3 is 2.62 bits per heavy atom. The molecule has 1 heterocycles. The molecule has 0 bridgehead atoms. The normalized spacial score (nSPS) is 12.9. The van der Waals surface area contributed by atoms with Crippen LogP contribution in [-0.2, 0) is 4.79 Å². The zero-order valence-corrected chi connectivity index (χ0v) is 10.5.